The molecule has 1 aromatic rings. The zero-order valence-electron chi connectivity index (χ0n) is 10.8. The quantitative estimate of drug-likeness (QED) is 0.289. The fraction of sp³-hybridized carbons (Fsp3) is 0.333. The maximum atomic E-state index is 11.7. The summed E-state index contributed by atoms with van der Waals surface area (Å²) in [4.78, 5) is 32.2. The number of nitro groups is 1. The van der Waals surface area contributed by atoms with Crippen LogP contribution in [0.1, 0.15) is 29.6 Å². The number of rotatable bonds is 7. The number of nitro benzene ring substituents is 1. The van der Waals surface area contributed by atoms with Gasteiger partial charge in [-0.25, -0.2) is 0 Å². The number of carbonyl (C=O) groups is 2. The van der Waals surface area contributed by atoms with E-state index in [1.54, 1.807) is 0 Å². The number of nitrogens with two attached hydrogens (primary N) is 2. The average molecular weight is 280 g/mol. The number of nitrogen functional groups attached to an aromatic ring is 1. The molecule has 1 aromatic carbocycles. The van der Waals surface area contributed by atoms with Crippen molar-refractivity contribution in [2.75, 3.05) is 12.3 Å². The van der Waals surface area contributed by atoms with Crippen LogP contribution in [0.25, 0.3) is 0 Å². The molecule has 0 fully saturated rings. The summed E-state index contributed by atoms with van der Waals surface area (Å²) in [5.74, 6) is -0.745. The van der Waals surface area contributed by atoms with Crippen LogP contribution in [0.3, 0.4) is 0 Å². The zero-order chi connectivity index (χ0) is 15.1. The third-order valence-electron chi connectivity index (χ3n) is 2.62. The maximum Gasteiger partial charge on any atom is 0.292 e. The summed E-state index contributed by atoms with van der Waals surface area (Å²) in [6, 6.07) is 3.79. The summed E-state index contributed by atoms with van der Waals surface area (Å²) in [6.07, 6.45) is 1.50. The molecule has 108 valence electrons. The van der Waals surface area contributed by atoms with E-state index in [0.29, 0.717) is 19.4 Å². The van der Waals surface area contributed by atoms with E-state index in [0.717, 1.165) is 0 Å². The third kappa shape index (κ3) is 4.56. The fourth-order valence-corrected chi connectivity index (χ4v) is 1.59. The van der Waals surface area contributed by atoms with Gasteiger partial charge in [0.15, 0.2) is 0 Å². The van der Waals surface area contributed by atoms with Crippen molar-refractivity contribution < 1.29 is 14.5 Å². The van der Waals surface area contributed by atoms with E-state index in [-0.39, 0.29) is 35.2 Å². The molecule has 0 spiro atoms. The molecule has 0 atom stereocenters. The van der Waals surface area contributed by atoms with Gasteiger partial charge >= 0.3 is 0 Å². The average Bonchev–Trinajstić information content (AvgIpc) is 2.37. The molecule has 0 saturated carbocycles. The van der Waals surface area contributed by atoms with Gasteiger partial charge in [-0.15, -0.1) is 0 Å². The first-order chi connectivity index (χ1) is 9.41. The van der Waals surface area contributed by atoms with Crippen LogP contribution in [-0.4, -0.2) is 23.3 Å². The Morgan fingerprint density at radius 1 is 1.30 bits per heavy atom. The Labute approximate surface area is 115 Å². The molecular weight excluding hydrogens is 264 g/mol. The highest BCUT2D eigenvalue weighted by atomic mass is 16.6. The zero-order valence-corrected chi connectivity index (χ0v) is 10.8. The fourth-order valence-electron chi connectivity index (χ4n) is 1.59. The van der Waals surface area contributed by atoms with Gasteiger partial charge < -0.3 is 16.8 Å². The number of benzene rings is 1. The van der Waals surface area contributed by atoms with Crippen LogP contribution in [0.15, 0.2) is 18.2 Å². The predicted octanol–water partition coefficient (Wildman–Crippen LogP) is 0.562. The summed E-state index contributed by atoms with van der Waals surface area (Å²) in [5.41, 5.74) is 10.4. The molecule has 0 saturated heterocycles. The molecule has 0 radical (unpaired) electrons. The van der Waals surface area contributed by atoms with Crippen molar-refractivity contribution in [2.24, 2.45) is 5.73 Å². The van der Waals surface area contributed by atoms with E-state index >= 15 is 0 Å². The number of carbonyl (C=O) groups excluding carboxylic acids is 2. The molecule has 0 aromatic heterocycles. The summed E-state index contributed by atoms with van der Waals surface area (Å²) in [7, 11) is 0. The largest absolute Gasteiger partial charge is 0.393 e. The van der Waals surface area contributed by atoms with Crippen molar-refractivity contribution in [3.05, 3.63) is 33.9 Å². The topological polar surface area (TPSA) is 141 Å². The number of amides is 2. The van der Waals surface area contributed by atoms with Crippen molar-refractivity contribution in [1.29, 1.82) is 0 Å². The molecule has 5 N–H and O–H groups in total. The second-order valence-electron chi connectivity index (χ2n) is 4.21. The number of primary amides is 1. The number of nitrogens with zero attached hydrogens (tertiary/aromatic N) is 1. The van der Waals surface area contributed by atoms with Crippen LogP contribution in [-0.2, 0) is 4.79 Å². The molecule has 0 aliphatic rings. The smallest absolute Gasteiger partial charge is 0.292 e. The Kier molecular flexibility index (Phi) is 5.45. The van der Waals surface area contributed by atoms with Crippen molar-refractivity contribution in [2.45, 2.75) is 19.3 Å². The molecule has 8 heteroatoms. The number of unbranched alkanes of at least 4 members (excludes halogenated alkanes) is 1. The van der Waals surface area contributed by atoms with E-state index in [1.165, 1.54) is 18.2 Å². The first kappa shape index (κ1) is 15.4. The Bertz CT molecular complexity index is 530. The SMILES string of the molecule is NC(=O)CCCCNC(=O)c1ccc([N+](=O)[O-])c(N)c1. The third-order valence-corrected chi connectivity index (χ3v) is 2.62. The van der Waals surface area contributed by atoms with Gasteiger partial charge in [0.25, 0.3) is 11.6 Å². The normalized spacial score (nSPS) is 10.0. The molecule has 2 amide bonds. The van der Waals surface area contributed by atoms with Crippen LogP contribution >= 0.6 is 0 Å². The van der Waals surface area contributed by atoms with Crippen LogP contribution in [0.4, 0.5) is 11.4 Å². The Balaban J connectivity index is 2.50. The molecule has 1 rings (SSSR count). The van der Waals surface area contributed by atoms with E-state index in [1.807, 2.05) is 0 Å². The minimum atomic E-state index is -0.610. The Morgan fingerprint density at radius 2 is 2.00 bits per heavy atom. The first-order valence-electron chi connectivity index (χ1n) is 6.02. The van der Waals surface area contributed by atoms with E-state index in [4.69, 9.17) is 11.5 Å². The summed E-state index contributed by atoms with van der Waals surface area (Å²) >= 11 is 0. The van der Waals surface area contributed by atoms with Gasteiger partial charge in [-0.2, -0.15) is 0 Å². The lowest BCUT2D eigenvalue weighted by Crippen LogP contribution is -2.24. The van der Waals surface area contributed by atoms with Crippen molar-refractivity contribution in [3.8, 4) is 0 Å². The standard InChI is InChI=1S/C12H16N4O4/c13-9-7-8(4-5-10(9)16(19)20)12(18)15-6-2-1-3-11(14)17/h4-5,7H,1-3,6,13H2,(H2,14,17)(H,15,18). The highest BCUT2D eigenvalue weighted by Crippen LogP contribution is 2.21. The highest BCUT2D eigenvalue weighted by molar-refractivity contribution is 5.95. The lowest BCUT2D eigenvalue weighted by molar-refractivity contribution is -0.383. The molecule has 20 heavy (non-hydrogen) atoms. The number of hydrogen-bond acceptors (Lipinski definition) is 5. The van der Waals surface area contributed by atoms with E-state index < -0.39 is 4.92 Å². The molecule has 0 aliphatic carbocycles. The van der Waals surface area contributed by atoms with Gasteiger partial charge in [-0.05, 0) is 25.0 Å². The Hall–Kier alpha value is -2.64. The van der Waals surface area contributed by atoms with Gasteiger partial charge in [0.05, 0.1) is 4.92 Å². The minimum absolute atomic E-state index is 0.0589. The second kappa shape index (κ2) is 7.07. The van der Waals surface area contributed by atoms with Crippen molar-refractivity contribution in [3.63, 3.8) is 0 Å². The monoisotopic (exact) mass is 280 g/mol. The molecule has 8 nitrogen and oxygen atoms in total. The molecule has 0 heterocycles. The highest BCUT2D eigenvalue weighted by Gasteiger charge is 2.14. The molecule has 0 aliphatic heterocycles. The van der Waals surface area contributed by atoms with Gasteiger partial charge in [0, 0.05) is 24.6 Å². The summed E-state index contributed by atoms with van der Waals surface area (Å²) < 4.78 is 0. The molecular formula is C12H16N4O4. The molecule has 0 bridgehead atoms. The van der Waals surface area contributed by atoms with Crippen LogP contribution in [0.2, 0.25) is 0 Å². The molecule has 0 unspecified atom stereocenters. The van der Waals surface area contributed by atoms with Crippen LogP contribution < -0.4 is 16.8 Å². The first-order valence-corrected chi connectivity index (χ1v) is 6.02. The summed E-state index contributed by atoms with van der Waals surface area (Å²) in [6.45, 7) is 0.392. The Morgan fingerprint density at radius 3 is 2.55 bits per heavy atom. The maximum absolute atomic E-state index is 11.7. The van der Waals surface area contributed by atoms with Crippen LogP contribution in [0, 0.1) is 10.1 Å². The van der Waals surface area contributed by atoms with Gasteiger partial charge in [0.2, 0.25) is 5.91 Å². The number of hydrogen-bond donors (Lipinski definition) is 3. The number of nitrogens with one attached hydrogen (secondary N) is 1. The second-order valence-corrected chi connectivity index (χ2v) is 4.21. The lowest BCUT2D eigenvalue weighted by atomic mass is 10.1. The lowest BCUT2D eigenvalue weighted by Gasteiger charge is -2.05. The summed E-state index contributed by atoms with van der Waals surface area (Å²) in [5, 5.41) is 13.2. The van der Waals surface area contributed by atoms with Gasteiger partial charge in [-0.1, -0.05) is 0 Å². The van der Waals surface area contributed by atoms with Crippen molar-refractivity contribution >= 4 is 23.2 Å². The van der Waals surface area contributed by atoms with Gasteiger partial charge in [0.1, 0.15) is 5.69 Å². The van der Waals surface area contributed by atoms with E-state index in [2.05, 4.69) is 5.32 Å². The number of anilines is 1. The van der Waals surface area contributed by atoms with Crippen molar-refractivity contribution in [1.82, 2.24) is 5.32 Å². The van der Waals surface area contributed by atoms with E-state index in [9.17, 15) is 19.7 Å². The van der Waals surface area contributed by atoms with Crippen LogP contribution in [0.5, 0.6) is 0 Å². The van der Waals surface area contributed by atoms with Gasteiger partial charge in [-0.3, -0.25) is 19.7 Å². The minimum Gasteiger partial charge on any atom is -0.393 e. The predicted molar refractivity (Wildman–Crippen MR) is 72.9 cm³/mol.